The molecular formula is C20H18FN3O4S. The largest absolute Gasteiger partial charge is 0.493 e. The summed E-state index contributed by atoms with van der Waals surface area (Å²) >= 11 is 1.38. The number of hydrogen-bond donors (Lipinski definition) is 2. The van der Waals surface area contributed by atoms with Crippen LogP contribution >= 0.6 is 11.3 Å². The fourth-order valence-electron chi connectivity index (χ4n) is 2.58. The number of nitrogens with zero attached hydrogens (tertiary/aromatic N) is 1. The van der Waals surface area contributed by atoms with Gasteiger partial charge in [-0.1, -0.05) is 0 Å². The van der Waals surface area contributed by atoms with Crippen LogP contribution in [0.4, 0.5) is 4.39 Å². The summed E-state index contributed by atoms with van der Waals surface area (Å²) in [4.78, 5) is 24.1. The minimum atomic E-state index is -0.486. The van der Waals surface area contributed by atoms with Gasteiger partial charge in [0, 0.05) is 26.6 Å². The second kappa shape index (κ2) is 9.16. The molecule has 0 atom stereocenters. The Labute approximate surface area is 170 Å². The monoisotopic (exact) mass is 415 g/mol. The lowest BCUT2D eigenvalue weighted by molar-refractivity contribution is -0.120. The number of benzene rings is 2. The van der Waals surface area contributed by atoms with Crippen molar-refractivity contribution in [3.8, 4) is 11.5 Å². The molecule has 3 rings (SSSR count). The number of halogens is 1. The van der Waals surface area contributed by atoms with E-state index in [9.17, 15) is 14.0 Å². The minimum Gasteiger partial charge on any atom is -0.493 e. The van der Waals surface area contributed by atoms with E-state index in [1.807, 2.05) is 5.38 Å². The van der Waals surface area contributed by atoms with Gasteiger partial charge in [-0.2, -0.15) is 5.10 Å². The molecule has 2 N–H and O–H groups in total. The number of carbonyl (C=O) groups excluding carboxylic acids is 2. The fraction of sp³-hybridized carbons (Fsp3) is 0.150. The highest BCUT2D eigenvalue weighted by Gasteiger charge is 2.12. The number of fused-ring (bicyclic) bond motifs is 1. The molecule has 9 heteroatoms. The standard InChI is InChI=1S/C20H18FN3O4S/c1-27-16-6-3-12(7-17(16)28-2)20(26)22-10-19(25)24-23-9-13-11-29-18-8-14(21)4-5-15(13)18/h3-9,11H,10H2,1-2H3,(H,22,26)(H,24,25). The molecule has 1 heterocycles. The lowest BCUT2D eigenvalue weighted by Crippen LogP contribution is -2.34. The quantitative estimate of drug-likeness (QED) is 0.459. The average molecular weight is 415 g/mol. The van der Waals surface area contributed by atoms with E-state index in [1.54, 1.807) is 18.2 Å². The van der Waals surface area contributed by atoms with Gasteiger partial charge in [-0.05, 0) is 36.4 Å². The number of hydrogen-bond acceptors (Lipinski definition) is 6. The Morgan fingerprint density at radius 1 is 1.14 bits per heavy atom. The number of thiophene rings is 1. The molecule has 29 heavy (non-hydrogen) atoms. The van der Waals surface area contributed by atoms with E-state index in [2.05, 4.69) is 15.8 Å². The summed E-state index contributed by atoms with van der Waals surface area (Å²) in [6, 6.07) is 9.17. The van der Waals surface area contributed by atoms with Gasteiger partial charge in [0.1, 0.15) is 5.82 Å². The second-order valence-corrected chi connectivity index (χ2v) is 6.79. The molecule has 150 valence electrons. The Balaban J connectivity index is 1.54. The zero-order chi connectivity index (χ0) is 20.8. The molecule has 0 fully saturated rings. The van der Waals surface area contributed by atoms with Crippen LogP contribution in [-0.4, -0.2) is 38.8 Å². The average Bonchev–Trinajstić information content (AvgIpc) is 3.13. The Morgan fingerprint density at radius 3 is 2.69 bits per heavy atom. The van der Waals surface area contributed by atoms with Crippen molar-refractivity contribution in [3.63, 3.8) is 0 Å². The van der Waals surface area contributed by atoms with Gasteiger partial charge in [-0.25, -0.2) is 9.82 Å². The first-order chi connectivity index (χ1) is 14.0. The first-order valence-electron chi connectivity index (χ1n) is 8.50. The predicted octanol–water partition coefficient (Wildman–Crippen LogP) is 2.94. The van der Waals surface area contributed by atoms with Gasteiger partial charge in [0.15, 0.2) is 11.5 Å². The summed E-state index contributed by atoms with van der Waals surface area (Å²) in [5.74, 6) is -0.310. The molecule has 0 aliphatic carbocycles. The van der Waals surface area contributed by atoms with Crippen LogP contribution < -0.4 is 20.2 Å². The lowest BCUT2D eigenvalue weighted by Gasteiger charge is -2.09. The summed E-state index contributed by atoms with van der Waals surface area (Å²) < 4.78 is 24.3. The van der Waals surface area contributed by atoms with Crippen molar-refractivity contribution in [1.29, 1.82) is 0 Å². The Hall–Kier alpha value is -3.46. The molecule has 2 amide bonds. The zero-order valence-electron chi connectivity index (χ0n) is 15.7. The summed E-state index contributed by atoms with van der Waals surface area (Å²) in [5, 5.41) is 9.06. The van der Waals surface area contributed by atoms with Crippen molar-refractivity contribution >= 4 is 39.5 Å². The Bertz CT molecular complexity index is 1080. The van der Waals surface area contributed by atoms with E-state index in [1.165, 1.54) is 50.0 Å². The summed E-state index contributed by atoms with van der Waals surface area (Å²) in [6.45, 7) is -0.250. The molecule has 0 unspecified atom stereocenters. The molecule has 0 saturated carbocycles. The molecule has 2 aromatic carbocycles. The zero-order valence-corrected chi connectivity index (χ0v) is 16.5. The van der Waals surface area contributed by atoms with Crippen LogP contribution in [0, 0.1) is 5.82 Å². The van der Waals surface area contributed by atoms with Crippen LogP contribution in [0.5, 0.6) is 11.5 Å². The van der Waals surface area contributed by atoms with Crippen molar-refractivity contribution in [1.82, 2.24) is 10.7 Å². The van der Waals surface area contributed by atoms with Crippen molar-refractivity contribution in [2.24, 2.45) is 5.10 Å². The molecule has 0 aliphatic rings. The molecule has 1 aromatic heterocycles. The predicted molar refractivity (Wildman–Crippen MR) is 109 cm³/mol. The lowest BCUT2D eigenvalue weighted by atomic mass is 10.2. The minimum absolute atomic E-state index is 0.250. The van der Waals surface area contributed by atoms with E-state index in [-0.39, 0.29) is 12.4 Å². The van der Waals surface area contributed by atoms with Gasteiger partial charge in [0.2, 0.25) is 0 Å². The Morgan fingerprint density at radius 2 is 1.93 bits per heavy atom. The van der Waals surface area contributed by atoms with Gasteiger partial charge in [-0.15, -0.1) is 11.3 Å². The van der Waals surface area contributed by atoms with Gasteiger partial charge in [0.05, 0.1) is 27.0 Å². The topological polar surface area (TPSA) is 89.0 Å². The molecule has 0 saturated heterocycles. The van der Waals surface area contributed by atoms with Crippen LogP contribution in [0.2, 0.25) is 0 Å². The smallest absolute Gasteiger partial charge is 0.259 e. The Kier molecular flexibility index (Phi) is 6.40. The van der Waals surface area contributed by atoms with Gasteiger partial charge < -0.3 is 14.8 Å². The molecule has 3 aromatic rings. The molecule has 0 spiro atoms. The number of amides is 2. The first kappa shape index (κ1) is 20.3. The number of ether oxygens (including phenoxy) is 2. The molecule has 0 radical (unpaired) electrons. The SMILES string of the molecule is COc1ccc(C(=O)NCC(=O)NN=Cc2csc3cc(F)ccc23)cc1OC. The highest BCUT2D eigenvalue weighted by atomic mass is 32.1. The maximum Gasteiger partial charge on any atom is 0.259 e. The third kappa shape index (κ3) is 4.88. The number of rotatable bonds is 7. The molecule has 0 bridgehead atoms. The number of carbonyl (C=O) groups is 2. The van der Waals surface area contributed by atoms with Crippen molar-refractivity contribution in [2.75, 3.05) is 20.8 Å². The summed E-state index contributed by atoms with van der Waals surface area (Å²) in [5.41, 5.74) is 3.44. The number of nitrogens with one attached hydrogen (secondary N) is 2. The maximum atomic E-state index is 13.2. The van der Waals surface area contributed by atoms with E-state index in [0.29, 0.717) is 17.1 Å². The van der Waals surface area contributed by atoms with E-state index in [4.69, 9.17) is 9.47 Å². The van der Waals surface area contributed by atoms with Crippen LogP contribution in [0.1, 0.15) is 15.9 Å². The third-order valence-corrected chi connectivity index (χ3v) is 4.98. The van der Waals surface area contributed by atoms with Crippen LogP contribution in [0.25, 0.3) is 10.1 Å². The fourth-order valence-corrected chi connectivity index (χ4v) is 3.51. The first-order valence-corrected chi connectivity index (χ1v) is 9.38. The van der Waals surface area contributed by atoms with Crippen molar-refractivity contribution in [3.05, 3.63) is 58.7 Å². The highest BCUT2D eigenvalue weighted by Crippen LogP contribution is 2.27. The van der Waals surface area contributed by atoms with Gasteiger partial charge in [0.25, 0.3) is 11.8 Å². The van der Waals surface area contributed by atoms with Crippen molar-refractivity contribution in [2.45, 2.75) is 0 Å². The van der Waals surface area contributed by atoms with Gasteiger partial charge in [-0.3, -0.25) is 9.59 Å². The van der Waals surface area contributed by atoms with Crippen LogP contribution in [0.3, 0.4) is 0 Å². The molecule has 7 nitrogen and oxygen atoms in total. The molecule has 0 aliphatic heterocycles. The second-order valence-electron chi connectivity index (χ2n) is 5.88. The van der Waals surface area contributed by atoms with E-state index < -0.39 is 11.8 Å². The van der Waals surface area contributed by atoms with Gasteiger partial charge >= 0.3 is 0 Å². The normalized spacial score (nSPS) is 10.9. The third-order valence-electron chi connectivity index (χ3n) is 4.02. The van der Waals surface area contributed by atoms with Crippen LogP contribution in [-0.2, 0) is 4.79 Å². The summed E-state index contributed by atoms with van der Waals surface area (Å²) in [7, 11) is 2.97. The van der Waals surface area contributed by atoms with Crippen LogP contribution in [0.15, 0.2) is 46.9 Å². The molecular weight excluding hydrogens is 397 g/mol. The van der Waals surface area contributed by atoms with E-state index in [0.717, 1.165) is 15.6 Å². The maximum absolute atomic E-state index is 13.2. The number of hydrazone groups is 1. The highest BCUT2D eigenvalue weighted by molar-refractivity contribution is 7.17. The van der Waals surface area contributed by atoms with Crippen molar-refractivity contribution < 1.29 is 23.5 Å². The van der Waals surface area contributed by atoms with E-state index >= 15 is 0 Å². The number of methoxy groups -OCH3 is 2. The summed E-state index contributed by atoms with van der Waals surface area (Å²) in [6.07, 6.45) is 1.48.